The van der Waals surface area contributed by atoms with Crippen molar-refractivity contribution in [2.45, 2.75) is 50.7 Å². The maximum Gasteiger partial charge on any atom is 0.244 e. The van der Waals surface area contributed by atoms with Gasteiger partial charge in [-0.3, -0.25) is 13.9 Å². The maximum absolute atomic E-state index is 14.1. The Hall–Kier alpha value is -2.59. The van der Waals surface area contributed by atoms with E-state index in [-0.39, 0.29) is 40.6 Å². The summed E-state index contributed by atoms with van der Waals surface area (Å²) in [7, 11) is -3.90. The van der Waals surface area contributed by atoms with Crippen molar-refractivity contribution >= 4 is 66.7 Å². The van der Waals surface area contributed by atoms with Crippen molar-refractivity contribution in [2.75, 3.05) is 17.1 Å². The second-order valence-electron chi connectivity index (χ2n) is 10.2. The Morgan fingerprint density at radius 2 is 1.61 bits per heavy atom. The number of carbonyl (C=O) groups excluding carboxylic acids is 2. The van der Waals surface area contributed by atoms with E-state index >= 15 is 0 Å². The minimum absolute atomic E-state index is 0.0501. The van der Waals surface area contributed by atoms with Crippen LogP contribution in [0, 0.1) is 0 Å². The van der Waals surface area contributed by atoms with E-state index in [1.165, 1.54) is 23.1 Å². The summed E-state index contributed by atoms with van der Waals surface area (Å²) in [6.45, 7) is -0.407. The number of benzene rings is 3. The molecule has 41 heavy (non-hydrogen) atoms. The Morgan fingerprint density at radius 3 is 2.22 bits per heavy atom. The van der Waals surface area contributed by atoms with E-state index < -0.39 is 28.5 Å². The summed E-state index contributed by atoms with van der Waals surface area (Å²) in [5.41, 5.74) is 1.89. The smallest absolute Gasteiger partial charge is 0.244 e. The topological polar surface area (TPSA) is 86.8 Å². The van der Waals surface area contributed by atoms with Crippen molar-refractivity contribution < 1.29 is 18.0 Å². The average Bonchev–Trinajstić information content (AvgIpc) is 3.45. The van der Waals surface area contributed by atoms with Crippen LogP contribution >= 0.6 is 39.1 Å². The Labute approximate surface area is 260 Å². The molecule has 0 spiro atoms. The predicted molar refractivity (Wildman–Crippen MR) is 168 cm³/mol. The summed E-state index contributed by atoms with van der Waals surface area (Å²) in [6, 6.07) is 20.5. The van der Waals surface area contributed by atoms with Crippen LogP contribution < -0.4 is 9.62 Å². The summed E-state index contributed by atoms with van der Waals surface area (Å²) < 4.78 is 27.7. The Morgan fingerprint density at radius 1 is 0.951 bits per heavy atom. The first-order chi connectivity index (χ1) is 19.5. The van der Waals surface area contributed by atoms with Gasteiger partial charge in [0.15, 0.2) is 0 Å². The lowest BCUT2D eigenvalue weighted by Gasteiger charge is -2.34. The lowest BCUT2D eigenvalue weighted by atomic mass is 10.0. The van der Waals surface area contributed by atoms with Crippen molar-refractivity contribution in [1.82, 2.24) is 10.2 Å². The van der Waals surface area contributed by atoms with E-state index in [1.807, 2.05) is 54.6 Å². The highest BCUT2D eigenvalue weighted by Crippen LogP contribution is 2.29. The largest absolute Gasteiger partial charge is 0.352 e. The fourth-order valence-electron chi connectivity index (χ4n) is 4.96. The van der Waals surface area contributed by atoms with Gasteiger partial charge in [0.25, 0.3) is 0 Å². The van der Waals surface area contributed by atoms with Crippen molar-refractivity contribution in [3.05, 3.63) is 98.4 Å². The average molecular weight is 681 g/mol. The first-order valence-corrected chi connectivity index (χ1v) is 16.7. The zero-order valence-electron chi connectivity index (χ0n) is 22.6. The van der Waals surface area contributed by atoms with E-state index in [9.17, 15) is 18.0 Å². The van der Waals surface area contributed by atoms with Crippen molar-refractivity contribution in [1.29, 1.82) is 0 Å². The number of hydrogen-bond acceptors (Lipinski definition) is 4. The van der Waals surface area contributed by atoms with Crippen LogP contribution in [0.25, 0.3) is 0 Å². The molecule has 1 N–H and O–H groups in total. The third-order valence-electron chi connectivity index (χ3n) is 7.11. The highest BCUT2D eigenvalue weighted by molar-refractivity contribution is 9.10. The number of carbonyl (C=O) groups is 2. The molecule has 3 aromatic carbocycles. The molecule has 0 radical (unpaired) electrons. The van der Waals surface area contributed by atoms with Gasteiger partial charge in [0.2, 0.25) is 21.8 Å². The van der Waals surface area contributed by atoms with Crippen LogP contribution in [-0.2, 0) is 32.6 Å². The lowest BCUT2D eigenvalue weighted by molar-refractivity contribution is -0.140. The van der Waals surface area contributed by atoms with Gasteiger partial charge in [0, 0.05) is 23.5 Å². The van der Waals surface area contributed by atoms with E-state index in [4.69, 9.17) is 23.2 Å². The highest BCUT2D eigenvalue weighted by Gasteiger charge is 2.34. The zero-order valence-corrected chi connectivity index (χ0v) is 26.5. The van der Waals surface area contributed by atoms with Crippen LogP contribution in [0.4, 0.5) is 5.69 Å². The maximum atomic E-state index is 14.1. The molecule has 1 atom stereocenters. The molecule has 1 aliphatic carbocycles. The SMILES string of the molecule is CS(=O)(=O)N(CC(=O)N(Cc1ccc(Br)cc1)[C@@H](Cc1ccccc1)C(=O)NC1CCCC1)c1ccc(Cl)c(Cl)c1. The Bertz CT molecular complexity index is 1470. The molecule has 0 aromatic heterocycles. The lowest BCUT2D eigenvalue weighted by Crippen LogP contribution is -2.54. The zero-order chi connectivity index (χ0) is 29.6. The van der Waals surface area contributed by atoms with Gasteiger partial charge in [-0.1, -0.05) is 94.4 Å². The number of rotatable bonds is 11. The van der Waals surface area contributed by atoms with Crippen molar-refractivity contribution in [3.63, 3.8) is 0 Å². The predicted octanol–water partition coefficient (Wildman–Crippen LogP) is 6.22. The molecule has 0 bridgehead atoms. The van der Waals surface area contributed by atoms with E-state index in [1.54, 1.807) is 0 Å². The second-order valence-corrected chi connectivity index (χ2v) is 13.8. The van der Waals surface area contributed by atoms with E-state index in [0.29, 0.717) is 0 Å². The van der Waals surface area contributed by atoms with Gasteiger partial charge in [-0.2, -0.15) is 0 Å². The Balaban J connectivity index is 1.72. The molecule has 1 aliphatic rings. The monoisotopic (exact) mass is 679 g/mol. The number of hydrogen-bond donors (Lipinski definition) is 1. The van der Waals surface area contributed by atoms with Gasteiger partial charge < -0.3 is 10.2 Å². The van der Waals surface area contributed by atoms with Crippen LogP contribution in [0.15, 0.2) is 77.3 Å². The third kappa shape index (κ3) is 8.70. The number of halogens is 3. The number of nitrogens with one attached hydrogen (secondary N) is 1. The van der Waals surface area contributed by atoms with Crippen LogP contribution in [0.2, 0.25) is 10.0 Å². The number of nitrogens with zero attached hydrogens (tertiary/aromatic N) is 2. The minimum Gasteiger partial charge on any atom is -0.352 e. The summed E-state index contributed by atoms with van der Waals surface area (Å²) in [5.74, 6) is -0.779. The first-order valence-electron chi connectivity index (χ1n) is 13.3. The van der Waals surface area contributed by atoms with Gasteiger partial charge in [-0.15, -0.1) is 0 Å². The van der Waals surface area contributed by atoms with E-state index in [0.717, 1.165) is 51.8 Å². The molecule has 4 rings (SSSR count). The Kier molecular flexibility index (Phi) is 10.7. The van der Waals surface area contributed by atoms with Crippen molar-refractivity contribution in [3.8, 4) is 0 Å². The summed E-state index contributed by atoms with van der Waals surface area (Å²) in [5, 5.41) is 3.58. The van der Waals surface area contributed by atoms with Crippen LogP contribution in [0.1, 0.15) is 36.8 Å². The number of amides is 2. The molecule has 3 aromatic rings. The third-order valence-corrected chi connectivity index (χ3v) is 9.52. The fourth-order valence-corrected chi connectivity index (χ4v) is 6.36. The molecule has 1 saturated carbocycles. The second kappa shape index (κ2) is 14.1. The number of sulfonamides is 1. The fraction of sp³-hybridized carbons (Fsp3) is 0.333. The van der Waals surface area contributed by atoms with Gasteiger partial charge in [-0.05, 0) is 54.3 Å². The summed E-state index contributed by atoms with van der Waals surface area (Å²) >= 11 is 15.7. The molecule has 7 nitrogen and oxygen atoms in total. The normalized spacial score (nSPS) is 14.4. The van der Waals surface area contributed by atoms with Crippen LogP contribution in [0.3, 0.4) is 0 Å². The van der Waals surface area contributed by atoms with Crippen LogP contribution in [-0.4, -0.2) is 50.0 Å². The van der Waals surface area contributed by atoms with E-state index in [2.05, 4.69) is 21.2 Å². The molecule has 218 valence electrons. The molecule has 2 amide bonds. The highest BCUT2D eigenvalue weighted by atomic mass is 79.9. The number of anilines is 1. The molecule has 0 heterocycles. The van der Waals surface area contributed by atoms with Gasteiger partial charge in [0.1, 0.15) is 12.6 Å². The molecular formula is C30H32BrCl2N3O4S. The van der Waals surface area contributed by atoms with Gasteiger partial charge in [-0.25, -0.2) is 8.42 Å². The quantitative estimate of drug-likeness (QED) is 0.261. The molecule has 0 aliphatic heterocycles. The molecular weight excluding hydrogens is 649 g/mol. The molecule has 0 saturated heterocycles. The summed E-state index contributed by atoms with van der Waals surface area (Å²) in [6.07, 6.45) is 5.17. The van der Waals surface area contributed by atoms with Crippen molar-refractivity contribution in [2.24, 2.45) is 0 Å². The minimum atomic E-state index is -3.90. The van der Waals surface area contributed by atoms with Crippen LogP contribution in [0.5, 0.6) is 0 Å². The first kappa shape index (κ1) is 31.3. The molecule has 11 heteroatoms. The summed E-state index contributed by atoms with van der Waals surface area (Å²) in [4.78, 5) is 29.5. The molecule has 0 unspecified atom stereocenters. The standard InChI is InChI=1S/C30H32BrCl2N3O4S/c1-41(39,40)36(25-15-16-26(32)27(33)18-25)20-29(37)35(19-22-11-13-23(31)14-12-22)28(17-21-7-3-2-4-8-21)30(38)34-24-9-5-6-10-24/h2-4,7-8,11-16,18,24,28H,5-6,9-10,17,19-20H2,1H3,(H,34,38)/t28-/m0/s1. The van der Waals surface area contributed by atoms with Gasteiger partial charge >= 0.3 is 0 Å². The molecule has 1 fully saturated rings. The van der Waals surface area contributed by atoms with Gasteiger partial charge in [0.05, 0.1) is 22.0 Å².